The summed E-state index contributed by atoms with van der Waals surface area (Å²) < 4.78 is 17.3. The van der Waals surface area contributed by atoms with Crippen LogP contribution in [0.1, 0.15) is 5.56 Å². The predicted octanol–water partition coefficient (Wildman–Crippen LogP) is 2.80. The number of hydrogen-bond donors (Lipinski definition) is 0. The third-order valence-electron chi connectivity index (χ3n) is 5.03. The van der Waals surface area contributed by atoms with E-state index in [0.29, 0.717) is 13.2 Å². The highest BCUT2D eigenvalue weighted by Crippen LogP contribution is 2.31. The number of hydrogen-bond acceptors (Lipinski definition) is 5. The van der Waals surface area contributed by atoms with E-state index in [1.54, 1.807) is 7.11 Å². The molecule has 0 radical (unpaired) electrons. The molecule has 26 heavy (non-hydrogen) atoms. The average Bonchev–Trinajstić information content (AvgIpc) is 2.69. The van der Waals surface area contributed by atoms with E-state index in [1.165, 1.54) is 11.3 Å². The summed E-state index contributed by atoms with van der Waals surface area (Å²) in [4.78, 5) is 4.93. The molecule has 1 atom stereocenters. The van der Waals surface area contributed by atoms with Gasteiger partial charge in [-0.2, -0.15) is 0 Å². The zero-order valence-electron chi connectivity index (χ0n) is 15.3. The van der Waals surface area contributed by atoms with Crippen LogP contribution in [-0.2, 0) is 11.3 Å². The SMILES string of the molecule is COCc1ccccc1N1CCN(C[C@H]2COc3ccccc3O2)CC1. The van der Waals surface area contributed by atoms with E-state index in [9.17, 15) is 0 Å². The first-order valence-corrected chi connectivity index (χ1v) is 9.26. The maximum Gasteiger partial charge on any atom is 0.161 e. The zero-order chi connectivity index (χ0) is 17.8. The summed E-state index contributed by atoms with van der Waals surface area (Å²) in [5.41, 5.74) is 2.55. The number of methoxy groups -OCH3 is 1. The molecule has 0 N–H and O–H groups in total. The summed E-state index contributed by atoms with van der Waals surface area (Å²) in [5, 5.41) is 0. The molecular weight excluding hydrogens is 328 g/mol. The highest BCUT2D eigenvalue weighted by Gasteiger charge is 2.25. The first-order chi connectivity index (χ1) is 12.8. The van der Waals surface area contributed by atoms with Gasteiger partial charge in [0.05, 0.1) is 6.61 Å². The topological polar surface area (TPSA) is 34.2 Å². The van der Waals surface area contributed by atoms with Crippen LogP contribution in [0, 0.1) is 0 Å². The third-order valence-corrected chi connectivity index (χ3v) is 5.03. The molecule has 2 aromatic rings. The van der Waals surface area contributed by atoms with Crippen LogP contribution in [0.25, 0.3) is 0 Å². The lowest BCUT2D eigenvalue weighted by atomic mass is 10.1. The van der Waals surface area contributed by atoms with Gasteiger partial charge in [0.2, 0.25) is 0 Å². The van der Waals surface area contributed by atoms with Gasteiger partial charge in [-0.3, -0.25) is 4.90 Å². The number of para-hydroxylation sites is 3. The van der Waals surface area contributed by atoms with Gasteiger partial charge < -0.3 is 19.1 Å². The molecule has 0 aromatic heterocycles. The number of nitrogens with zero attached hydrogens (tertiary/aromatic N) is 2. The molecule has 0 spiro atoms. The molecule has 2 aliphatic heterocycles. The summed E-state index contributed by atoms with van der Waals surface area (Å²) in [5.74, 6) is 1.71. The Balaban J connectivity index is 1.32. The summed E-state index contributed by atoms with van der Waals surface area (Å²) in [6, 6.07) is 16.4. The second kappa shape index (κ2) is 7.98. The van der Waals surface area contributed by atoms with Gasteiger partial charge in [-0.15, -0.1) is 0 Å². The van der Waals surface area contributed by atoms with Crippen LogP contribution in [0.3, 0.4) is 0 Å². The maximum absolute atomic E-state index is 6.10. The smallest absolute Gasteiger partial charge is 0.161 e. The average molecular weight is 354 g/mol. The molecule has 0 unspecified atom stereocenters. The predicted molar refractivity (Wildman–Crippen MR) is 102 cm³/mol. The van der Waals surface area contributed by atoms with Crippen LogP contribution < -0.4 is 14.4 Å². The van der Waals surface area contributed by atoms with Crippen molar-refractivity contribution < 1.29 is 14.2 Å². The van der Waals surface area contributed by atoms with Crippen LogP contribution in [-0.4, -0.2) is 57.4 Å². The molecule has 138 valence electrons. The van der Waals surface area contributed by atoms with Crippen LogP contribution in [0.2, 0.25) is 0 Å². The monoisotopic (exact) mass is 354 g/mol. The van der Waals surface area contributed by atoms with Gasteiger partial charge in [-0.1, -0.05) is 30.3 Å². The Morgan fingerprint density at radius 2 is 1.69 bits per heavy atom. The first-order valence-electron chi connectivity index (χ1n) is 9.26. The van der Waals surface area contributed by atoms with Crippen LogP contribution in [0.4, 0.5) is 5.69 Å². The van der Waals surface area contributed by atoms with Gasteiger partial charge in [-0.05, 0) is 18.2 Å². The molecule has 1 fully saturated rings. The second-order valence-electron chi connectivity index (χ2n) is 6.85. The summed E-state index contributed by atoms with van der Waals surface area (Å²) in [7, 11) is 1.75. The van der Waals surface area contributed by atoms with Crippen molar-refractivity contribution in [3.63, 3.8) is 0 Å². The molecule has 2 heterocycles. The third kappa shape index (κ3) is 3.79. The fraction of sp³-hybridized carbons (Fsp3) is 0.429. The van der Waals surface area contributed by atoms with Crippen LogP contribution in [0.5, 0.6) is 11.5 Å². The molecule has 2 aromatic carbocycles. The van der Waals surface area contributed by atoms with Crippen molar-refractivity contribution in [2.75, 3.05) is 51.3 Å². The van der Waals surface area contributed by atoms with Crippen molar-refractivity contribution in [3.05, 3.63) is 54.1 Å². The van der Waals surface area contributed by atoms with E-state index >= 15 is 0 Å². The number of piperazine rings is 1. The van der Waals surface area contributed by atoms with Crippen molar-refractivity contribution in [3.8, 4) is 11.5 Å². The van der Waals surface area contributed by atoms with E-state index in [1.807, 2.05) is 24.3 Å². The van der Waals surface area contributed by atoms with E-state index in [-0.39, 0.29) is 6.10 Å². The molecule has 5 nitrogen and oxygen atoms in total. The van der Waals surface area contributed by atoms with E-state index < -0.39 is 0 Å². The van der Waals surface area contributed by atoms with Gasteiger partial charge in [0.1, 0.15) is 12.7 Å². The highest BCUT2D eigenvalue weighted by atomic mass is 16.6. The number of anilines is 1. The minimum Gasteiger partial charge on any atom is -0.486 e. The second-order valence-corrected chi connectivity index (χ2v) is 6.85. The normalized spacial score (nSPS) is 20.2. The van der Waals surface area contributed by atoms with Crippen molar-refractivity contribution in [2.24, 2.45) is 0 Å². The Morgan fingerprint density at radius 3 is 2.50 bits per heavy atom. The molecule has 1 saturated heterocycles. The van der Waals surface area contributed by atoms with Crippen molar-refractivity contribution in [2.45, 2.75) is 12.7 Å². The fourth-order valence-electron chi connectivity index (χ4n) is 3.71. The van der Waals surface area contributed by atoms with Gasteiger partial charge in [-0.25, -0.2) is 0 Å². The molecule has 2 aliphatic rings. The lowest BCUT2D eigenvalue weighted by Crippen LogP contribution is -2.50. The van der Waals surface area contributed by atoms with E-state index in [2.05, 4.69) is 34.1 Å². The van der Waals surface area contributed by atoms with Gasteiger partial charge in [0.25, 0.3) is 0 Å². The molecule has 0 bridgehead atoms. The van der Waals surface area contributed by atoms with E-state index in [4.69, 9.17) is 14.2 Å². The molecule has 4 rings (SSSR count). The Labute approximate surface area is 155 Å². The Kier molecular flexibility index (Phi) is 5.27. The zero-order valence-corrected chi connectivity index (χ0v) is 15.3. The summed E-state index contributed by atoms with van der Waals surface area (Å²) in [6.45, 7) is 6.28. The van der Waals surface area contributed by atoms with Gasteiger partial charge in [0, 0.05) is 51.1 Å². The quantitative estimate of drug-likeness (QED) is 0.825. The number of rotatable bonds is 5. The van der Waals surface area contributed by atoms with Crippen LogP contribution in [0.15, 0.2) is 48.5 Å². The molecule has 0 amide bonds. The summed E-state index contributed by atoms with van der Waals surface area (Å²) >= 11 is 0. The number of ether oxygens (including phenoxy) is 3. The first kappa shape index (κ1) is 17.2. The number of fused-ring (bicyclic) bond motifs is 1. The largest absolute Gasteiger partial charge is 0.486 e. The maximum atomic E-state index is 6.10. The van der Waals surface area contributed by atoms with Gasteiger partial charge in [0.15, 0.2) is 11.5 Å². The van der Waals surface area contributed by atoms with Crippen molar-refractivity contribution in [1.82, 2.24) is 4.90 Å². The Hall–Kier alpha value is -2.24. The molecule has 0 aliphatic carbocycles. The lowest BCUT2D eigenvalue weighted by molar-refractivity contribution is 0.0571. The summed E-state index contributed by atoms with van der Waals surface area (Å²) in [6.07, 6.45) is 0.0947. The standard InChI is InChI=1S/C21H26N2O3/c1-24-15-17-6-2-3-7-19(17)23-12-10-22(11-13-23)14-18-16-25-20-8-4-5-9-21(20)26-18/h2-9,18H,10-16H2,1H3/t18-/m0/s1. The molecule has 0 saturated carbocycles. The Bertz CT molecular complexity index is 729. The van der Waals surface area contributed by atoms with Crippen LogP contribution >= 0.6 is 0 Å². The van der Waals surface area contributed by atoms with Gasteiger partial charge >= 0.3 is 0 Å². The highest BCUT2D eigenvalue weighted by molar-refractivity contribution is 5.53. The minimum atomic E-state index is 0.0947. The Morgan fingerprint density at radius 1 is 0.962 bits per heavy atom. The number of benzene rings is 2. The lowest BCUT2D eigenvalue weighted by Gasteiger charge is -2.39. The fourth-order valence-corrected chi connectivity index (χ4v) is 3.71. The van der Waals surface area contributed by atoms with E-state index in [0.717, 1.165) is 44.2 Å². The van der Waals surface area contributed by atoms with Crippen molar-refractivity contribution >= 4 is 5.69 Å². The van der Waals surface area contributed by atoms with Crippen molar-refractivity contribution in [1.29, 1.82) is 0 Å². The minimum absolute atomic E-state index is 0.0947. The molecule has 5 heteroatoms. The molecular formula is C21H26N2O3.